The van der Waals surface area contributed by atoms with Gasteiger partial charge in [-0.2, -0.15) is 0 Å². The molecule has 0 aliphatic carbocycles. The number of benzene rings is 2. The average molecular weight is 402 g/mol. The number of aromatic nitrogens is 2. The van der Waals surface area contributed by atoms with Crippen molar-refractivity contribution in [2.45, 2.75) is 43.6 Å². The number of carbonyl (C=O) groups excluding carboxylic acids is 1. The lowest BCUT2D eigenvalue weighted by Gasteiger charge is -2.18. The van der Waals surface area contributed by atoms with Crippen molar-refractivity contribution in [2.24, 2.45) is 0 Å². The fourth-order valence-corrected chi connectivity index (χ4v) is 3.34. The van der Waals surface area contributed by atoms with Crippen molar-refractivity contribution >= 4 is 17.5 Å². The van der Waals surface area contributed by atoms with Crippen molar-refractivity contribution in [3.63, 3.8) is 0 Å². The Morgan fingerprint density at radius 2 is 1.71 bits per heavy atom. The molecule has 0 aliphatic heterocycles. The molecular formula is C21H20F2N2O2S. The highest BCUT2D eigenvalue weighted by Crippen LogP contribution is 2.29. The first kappa shape index (κ1) is 20.2. The summed E-state index contributed by atoms with van der Waals surface area (Å²) in [6.45, 7) is 8.05. The number of hydrogen-bond donors (Lipinski definition) is 0. The van der Waals surface area contributed by atoms with E-state index >= 15 is 0 Å². The zero-order valence-corrected chi connectivity index (χ0v) is 16.8. The maximum absolute atomic E-state index is 13.3. The molecule has 0 bridgehead atoms. The first-order chi connectivity index (χ1) is 13.1. The van der Waals surface area contributed by atoms with Crippen LogP contribution in [0.15, 0.2) is 52.1 Å². The van der Waals surface area contributed by atoms with Gasteiger partial charge in [0, 0.05) is 11.1 Å². The molecule has 3 rings (SSSR count). The Bertz CT molecular complexity index is 994. The number of halogens is 2. The summed E-state index contributed by atoms with van der Waals surface area (Å²) in [7, 11) is 0. The monoisotopic (exact) mass is 402 g/mol. The largest absolute Gasteiger partial charge is 0.411 e. The molecule has 0 fully saturated rings. The lowest BCUT2D eigenvalue weighted by Crippen LogP contribution is -2.14. The van der Waals surface area contributed by atoms with E-state index in [9.17, 15) is 13.6 Å². The SMILES string of the molecule is C[C@@H](Sc1nnc(-c2ccc(C(C)(C)C)cc2)o1)C(=O)c1ccc(F)c(F)c1. The molecule has 3 aromatic rings. The second-order valence-corrected chi connectivity index (χ2v) is 8.75. The standard InChI is InChI=1S/C21H20F2N2O2S/c1-12(18(26)14-7-10-16(22)17(23)11-14)28-20-25-24-19(27-20)13-5-8-15(9-6-13)21(2,3)4/h5-12H,1-4H3/t12-/m1/s1. The Morgan fingerprint density at radius 3 is 2.32 bits per heavy atom. The van der Waals surface area contributed by atoms with Crippen LogP contribution in [0, 0.1) is 11.6 Å². The molecule has 1 heterocycles. The van der Waals surface area contributed by atoms with Gasteiger partial charge in [-0.15, -0.1) is 10.2 Å². The van der Waals surface area contributed by atoms with Crippen LogP contribution in [-0.4, -0.2) is 21.2 Å². The summed E-state index contributed by atoms with van der Waals surface area (Å²) in [5, 5.41) is 7.64. The lowest BCUT2D eigenvalue weighted by atomic mass is 9.87. The predicted molar refractivity (Wildman–Crippen MR) is 104 cm³/mol. The summed E-state index contributed by atoms with van der Waals surface area (Å²) < 4.78 is 32.0. The van der Waals surface area contributed by atoms with E-state index < -0.39 is 16.9 Å². The van der Waals surface area contributed by atoms with Crippen molar-refractivity contribution in [3.05, 3.63) is 65.2 Å². The number of carbonyl (C=O) groups is 1. The Kier molecular flexibility index (Phi) is 5.65. The highest BCUT2D eigenvalue weighted by Gasteiger charge is 2.21. The predicted octanol–water partition coefficient (Wildman–Crippen LogP) is 5.68. The van der Waals surface area contributed by atoms with E-state index in [1.165, 1.54) is 11.6 Å². The number of hydrogen-bond acceptors (Lipinski definition) is 5. The van der Waals surface area contributed by atoms with Crippen molar-refractivity contribution in [3.8, 4) is 11.5 Å². The minimum atomic E-state index is -1.05. The molecule has 2 aromatic carbocycles. The van der Waals surface area contributed by atoms with Crippen molar-refractivity contribution in [1.82, 2.24) is 10.2 Å². The van der Waals surface area contributed by atoms with Gasteiger partial charge in [0.1, 0.15) is 0 Å². The Hall–Kier alpha value is -2.54. The Labute approximate surface area is 166 Å². The first-order valence-corrected chi connectivity index (χ1v) is 9.63. The van der Waals surface area contributed by atoms with Gasteiger partial charge >= 0.3 is 0 Å². The zero-order valence-electron chi connectivity index (χ0n) is 16.0. The van der Waals surface area contributed by atoms with Crippen LogP contribution in [0.1, 0.15) is 43.6 Å². The Balaban J connectivity index is 1.71. The molecule has 0 saturated heterocycles. The number of thioether (sulfide) groups is 1. The van der Waals surface area contributed by atoms with Gasteiger partial charge in [-0.3, -0.25) is 4.79 Å². The van der Waals surface area contributed by atoms with Gasteiger partial charge in [-0.05, 0) is 48.2 Å². The molecule has 0 spiro atoms. The van der Waals surface area contributed by atoms with Crippen LogP contribution in [0.25, 0.3) is 11.5 Å². The normalized spacial score (nSPS) is 12.8. The summed E-state index contributed by atoms with van der Waals surface area (Å²) in [5.41, 5.74) is 2.11. The second-order valence-electron chi connectivity index (χ2n) is 7.45. The molecule has 4 nitrogen and oxygen atoms in total. The van der Waals surface area contributed by atoms with Crippen LogP contribution in [-0.2, 0) is 5.41 Å². The highest BCUT2D eigenvalue weighted by atomic mass is 32.2. The van der Waals surface area contributed by atoms with Gasteiger partial charge in [0.15, 0.2) is 17.4 Å². The van der Waals surface area contributed by atoms with Gasteiger partial charge in [0.25, 0.3) is 5.22 Å². The highest BCUT2D eigenvalue weighted by molar-refractivity contribution is 8.00. The van der Waals surface area contributed by atoms with E-state index in [-0.39, 0.29) is 22.0 Å². The molecule has 0 amide bonds. The molecule has 7 heteroatoms. The minimum Gasteiger partial charge on any atom is -0.411 e. The maximum atomic E-state index is 13.3. The van der Waals surface area contributed by atoms with Crippen molar-refractivity contribution in [2.75, 3.05) is 0 Å². The average Bonchev–Trinajstić information content (AvgIpc) is 3.11. The smallest absolute Gasteiger partial charge is 0.277 e. The molecule has 0 aliphatic rings. The van der Waals surface area contributed by atoms with E-state index in [0.717, 1.165) is 29.5 Å². The van der Waals surface area contributed by atoms with E-state index in [0.29, 0.717) is 5.89 Å². The summed E-state index contributed by atoms with van der Waals surface area (Å²) in [6.07, 6.45) is 0. The van der Waals surface area contributed by atoms with E-state index in [1.54, 1.807) is 6.92 Å². The number of nitrogens with zero attached hydrogens (tertiary/aromatic N) is 2. The van der Waals surface area contributed by atoms with Gasteiger partial charge in [0.05, 0.1) is 5.25 Å². The summed E-state index contributed by atoms with van der Waals surface area (Å²) in [4.78, 5) is 12.4. The summed E-state index contributed by atoms with van der Waals surface area (Å²) in [6, 6.07) is 10.9. The molecule has 0 radical (unpaired) electrons. The van der Waals surface area contributed by atoms with Crippen LogP contribution in [0.3, 0.4) is 0 Å². The van der Waals surface area contributed by atoms with Gasteiger partial charge in [-0.1, -0.05) is 44.7 Å². The molecule has 1 atom stereocenters. The fourth-order valence-electron chi connectivity index (χ4n) is 2.58. The van der Waals surface area contributed by atoms with Crippen LogP contribution < -0.4 is 0 Å². The van der Waals surface area contributed by atoms with Crippen LogP contribution in [0.2, 0.25) is 0 Å². The molecule has 146 valence electrons. The third-order valence-electron chi connectivity index (χ3n) is 4.26. The minimum absolute atomic E-state index is 0.0456. The first-order valence-electron chi connectivity index (χ1n) is 8.75. The Morgan fingerprint density at radius 1 is 1.04 bits per heavy atom. The van der Waals surface area contributed by atoms with E-state index in [1.807, 2.05) is 24.3 Å². The summed E-state index contributed by atoms with van der Waals surface area (Å²) in [5.74, 6) is -2.04. The summed E-state index contributed by atoms with van der Waals surface area (Å²) >= 11 is 1.07. The van der Waals surface area contributed by atoms with Crippen molar-refractivity contribution in [1.29, 1.82) is 0 Å². The fraction of sp³-hybridized carbons (Fsp3) is 0.286. The van der Waals surface area contributed by atoms with Crippen molar-refractivity contribution < 1.29 is 18.0 Å². The topological polar surface area (TPSA) is 56.0 Å². The van der Waals surface area contributed by atoms with Crippen LogP contribution in [0.5, 0.6) is 0 Å². The van der Waals surface area contributed by atoms with Gasteiger partial charge in [-0.25, -0.2) is 8.78 Å². The molecule has 0 unspecified atom stereocenters. The number of rotatable bonds is 5. The molecule has 28 heavy (non-hydrogen) atoms. The molecule has 1 aromatic heterocycles. The molecule has 0 saturated carbocycles. The van der Waals surface area contributed by atoms with E-state index in [2.05, 4.69) is 31.0 Å². The second kappa shape index (κ2) is 7.83. The quantitative estimate of drug-likeness (QED) is 0.406. The van der Waals surface area contributed by atoms with Gasteiger partial charge in [0.2, 0.25) is 5.89 Å². The number of Topliss-reactive ketones (excluding diaryl/α,β-unsaturated/α-hetero) is 1. The van der Waals surface area contributed by atoms with Crippen LogP contribution in [0.4, 0.5) is 8.78 Å². The molecular weight excluding hydrogens is 382 g/mol. The third-order valence-corrected chi connectivity index (χ3v) is 5.19. The number of ketones is 1. The molecule has 0 N–H and O–H groups in total. The van der Waals surface area contributed by atoms with Crippen LogP contribution >= 0.6 is 11.8 Å². The zero-order chi connectivity index (χ0) is 20.5. The third kappa shape index (κ3) is 4.47. The van der Waals surface area contributed by atoms with Gasteiger partial charge < -0.3 is 4.42 Å². The lowest BCUT2D eigenvalue weighted by molar-refractivity contribution is 0.0993. The maximum Gasteiger partial charge on any atom is 0.277 e. The van der Waals surface area contributed by atoms with E-state index in [4.69, 9.17) is 4.42 Å².